The highest BCUT2D eigenvalue weighted by Gasteiger charge is 2.35. The second kappa shape index (κ2) is 16.4. The Morgan fingerprint density at radius 2 is 1.10 bits per heavy atom. The van der Waals surface area contributed by atoms with Crippen LogP contribution in [0.15, 0.2) is 229 Å². The van der Waals surface area contributed by atoms with Gasteiger partial charge in [-0.2, -0.15) is 0 Å². The summed E-state index contributed by atoms with van der Waals surface area (Å²) in [6.45, 7) is 2.40. The zero-order valence-corrected chi connectivity index (χ0v) is 40.8. The minimum atomic E-state index is -0.104. The molecule has 4 heteroatoms. The number of nitrogens with zero attached hydrogens (tertiary/aromatic N) is 3. The predicted octanol–water partition coefficient (Wildman–Crippen LogP) is 18.8. The molecule has 0 bridgehead atoms. The molecule has 1 aliphatic heterocycles. The van der Waals surface area contributed by atoms with Crippen molar-refractivity contribution < 1.29 is 0 Å². The van der Waals surface area contributed by atoms with E-state index in [1.807, 2.05) is 11.3 Å². The lowest BCUT2D eigenvalue weighted by molar-refractivity contribution is 0.478. The second-order valence-electron chi connectivity index (χ2n) is 19.9. The normalized spacial score (nSPS) is 16.6. The highest BCUT2D eigenvalue weighted by atomic mass is 32.1. The molecule has 3 nitrogen and oxygen atoms in total. The Kier molecular flexibility index (Phi) is 9.43. The summed E-state index contributed by atoms with van der Waals surface area (Å²) in [7, 11) is 0. The first-order valence-electron chi connectivity index (χ1n) is 25.6. The Labute approximate surface area is 421 Å². The molecule has 4 heterocycles. The first-order chi connectivity index (χ1) is 35.7. The van der Waals surface area contributed by atoms with Crippen LogP contribution < -0.4 is 0 Å². The SMILES string of the molecule is CCC1C(c2cccc3ccccc23)=NC(c2cc(-n3c4cc5ccccc5cc4c4c5ccccc5ccc43)cc3sc4ccccc4c23)CCC1c1cccc2c3ccccc3n(-c3ccccc3)c12. The number of rotatable bonds is 6. The maximum atomic E-state index is 6.27. The number of fused-ring (bicyclic) bond motifs is 13. The van der Waals surface area contributed by atoms with Crippen LogP contribution >= 0.6 is 11.3 Å². The van der Waals surface area contributed by atoms with Crippen molar-refractivity contribution in [1.82, 2.24) is 9.13 Å². The van der Waals surface area contributed by atoms with Gasteiger partial charge in [-0.15, -0.1) is 11.3 Å². The van der Waals surface area contributed by atoms with E-state index in [0.29, 0.717) is 0 Å². The van der Waals surface area contributed by atoms with Gasteiger partial charge in [-0.1, -0.05) is 177 Å². The van der Waals surface area contributed by atoms with Crippen molar-refractivity contribution in [3.63, 3.8) is 0 Å². The molecule has 0 radical (unpaired) electrons. The van der Waals surface area contributed by atoms with Gasteiger partial charge in [-0.3, -0.25) is 4.99 Å². The molecule has 15 rings (SSSR count). The highest BCUT2D eigenvalue weighted by molar-refractivity contribution is 7.25. The number of aromatic nitrogens is 2. The van der Waals surface area contributed by atoms with Gasteiger partial charge in [0, 0.05) is 70.3 Å². The standard InChI is InChI=1S/C68H49N3S/c1-2-48-51(54-30-17-31-55-52-27-12-14-32-60(52)71(68(54)55)46-23-4-3-5-24-46)35-36-59(69-67(48)53-29-16-22-42-18-8-10-25-49(42)53)57-40-47(41-64-66(57)56-28-13-15-33-63(56)72-64)70-61-37-34-43-19-9-11-26-50(43)65(61)58-38-44-20-6-7-21-45(44)39-62(58)70/h3-34,37-41,48,51,59H,2,35-36H2,1H3. The Morgan fingerprint density at radius 1 is 0.431 bits per heavy atom. The molecule has 0 fully saturated rings. The van der Waals surface area contributed by atoms with Gasteiger partial charge in [0.2, 0.25) is 0 Å². The smallest absolute Gasteiger partial charge is 0.0760 e. The zero-order valence-electron chi connectivity index (χ0n) is 40.0. The summed E-state index contributed by atoms with van der Waals surface area (Å²) in [5.74, 6) is 0.357. The zero-order chi connectivity index (χ0) is 47.4. The number of hydrogen-bond acceptors (Lipinski definition) is 2. The van der Waals surface area contributed by atoms with Gasteiger partial charge in [0.15, 0.2) is 0 Å². The first kappa shape index (κ1) is 41.5. The quantitative estimate of drug-likeness (QED) is 0.159. The van der Waals surface area contributed by atoms with Crippen molar-refractivity contribution in [2.24, 2.45) is 10.9 Å². The molecule has 3 unspecified atom stereocenters. The summed E-state index contributed by atoms with van der Waals surface area (Å²) in [5, 5.41) is 15.4. The molecule has 0 amide bonds. The summed E-state index contributed by atoms with van der Waals surface area (Å²) in [6, 6.07) is 84.0. The molecule has 1 aliphatic rings. The van der Waals surface area contributed by atoms with Crippen LogP contribution in [-0.2, 0) is 0 Å². The Balaban J connectivity index is 1.01. The van der Waals surface area contributed by atoms with Gasteiger partial charge >= 0.3 is 0 Å². The minimum absolute atomic E-state index is 0.104. The van der Waals surface area contributed by atoms with Crippen molar-refractivity contribution in [2.75, 3.05) is 0 Å². The molecule has 0 N–H and O–H groups in total. The van der Waals surface area contributed by atoms with E-state index in [4.69, 9.17) is 4.99 Å². The monoisotopic (exact) mass is 939 g/mol. The molecule has 0 saturated carbocycles. The van der Waals surface area contributed by atoms with E-state index in [-0.39, 0.29) is 17.9 Å². The third kappa shape index (κ3) is 6.25. The van der Waals surface area contributed by atoms with E-state index in [1.54, 1.807) is 0 Å². The topological polar surface area (TPSA) is 22.2 Å². The van der Waals surface area contributed by atoms with Crippen LogP contribution in [0.5, 0.6) is 0 Å². The molecule has 11 aromatic carbocycles. The number of thiophene rings is 1. The van der Waals surface area contributed by atoms with E-state index >= 15 is 0 Å². The molecule has 3 atom stereocenters. The van der Waals surface area contributed by atoms with Gasteiger partial charge in [0.05, 0.1) is 28.1 Å². The first-order valence-corrected chi connectivity index (χ1v) is 26.4. The summed E-state index contributed by atoms with van der Waals surface area (Å²) in [5.41, 5.74) is 12.5. The molecule has 72 heavy (non-hydrogen) atoms. The van der Waals surface area contributed by atoms with Crippen LogP contribution in [0.2, 0.25) is 0 Å². The third-order valence-electron chi connectivity index (χ3n) is 16.2. The van der Waals surface area contributed by atoms with Crippen LogP contribution in [0.4, 0.5) is 0 Å². The van der Waals surface area contributed by atoms with Gasteiger partial charge in [0.1, 0.15) is 0 Å². The van der Waals surface area contributed by atoms with Crippen LogP contribution in [0.25, 0.3) is 107 Å². The number of hydrogen-bond donors (Lipinski definition) is 0. The van der Waals surface area contributed by atoms with Gasteiger partial charge in [-0.25, -0.2) is 0 Å². The van der Waals surface area contributed by atoms with Crippen molar-refractivity contribution in [2.45, 2.75) is 38.1 Å². The summed E-state index contributed by atoms with van der Waals surface area (Å²) < 4.78 is 7.70. The molecule has 0 spiro atoms. The number of para-hydroxylation sites is 3. The Morgan fingerprint density at radius 3 is 1.93 bits per heavy atom. The average Bonchev–Trinajstić information content (AvgIpc) is 4.05. The summed E-state index contributed by atoms with van der Waals surface area (Å²) in [6.07, 6.45) is 2.85. The lowest BCUT2D eigenvalue weighted by atomic mass is 9.76. The van der Waals surface area contributed by atoms with Crippen LogP contribution in [0.1, 0.15) is 54.8 Å². The molecule has 14 aromatic rings. The number of benzene rings is 11. The molecular formula is C68H49N3S. The van der Waals surface area contributed by atoms with Crippen LogP contribution in [0, 0.1) is 5.92 Å². The third-order valence-corrected chi connectivity index (χ3v) is 17.3. The van der Waals surface area contributed by atoms with Crippen molar-refractivity contribution in [1.29, 1.82) is 0 Å². The van der Waals surface area contributed by atoms with Gasteiger partial charge < -0.3 is 9.13 Å². The molecular weight excluding hydrogens is 891 g/mol. The fourth-order valence-corrected chi connectivity index (χ4v) is 14.2. The fourth-order valence-electron chi connectivity index (χ4n) is 13.1. The fraction of sp³-hybridized carbons (Fsp3) is 0.103. The minimum Gasteiger partial charge on any atom is -0.309 e. The lowest BCUT2D eigenvalue weighted by Crippen LogP contribution is -2.23. The lowest BCUT2D eigenvalue weighted by Gasteiger charge is -2.28. The maximum absolute atomic E-state index is 6.27. The van der Waals surface area contributed by atoms with E-state index in [9.17, 15) is 0 Å². The molecule has 3 aromatic heterocycles. The molecule has 0 aliphatic carbocycles. The van der Waals surface area contributed by atoms with Crippen LogP contribution in [0.3, 0.4) is 0 Å². The Hall–Kier alpha value is -8.31. The van der Waals surface area contributed by atoms with Crippen molar-refractivity contribution in [3.8, 4) is 11.4 Å². The number of aliphatic imine (C=N–C) groups is 1. The Bertz CT molecular complexity index is 4520. The van der Waals surface area contributed by atoms with E-state index < -0.39 is 0 Å². The van der Waals surface area contributed by atoms with Crippen molar-refractivity contribution in [3.05, 3.63) is 241 Å². The second-order valence-corrected chi connectivity index (χ2v) is 21.0. The van der Waals surface area contributed by atoms with Gasteiger partial charge in [-0.05, 0) is 123 Å². The largest absolute Gasteiger partial charge is 0.309 e. The maximum Gasteiger partial charge on any atom is 0.0760 e. The summed E-state index contributed by atoms with van der Waals surface area (Å²) in [4.78, 5) is 6.27. The molecule has 342 valence electrons. The van der Waals surface area contributed by atoms with E-state index in [0.717, 1.165) is 19.3 Å². The van der Waals surface area contributed by atoms with Crippen molar-refractivity contribution >= 4 is 113 Å². The van der Waals surface area contributed by atoms with Crippen LogP contribution in [-0.4, -0.2) is 14.8 Å². The predicted molar refractivity (Wildman–Crippen MR) is 308 cm³/mol. The van der Waals surface area contributed by atoms with Gasteiger partial charge in [0.25, 0.3) is 0 Å². The molecule has 0 saturated heterocycles. The van der Waals surface area contributed by atoms with E-state index in [1.165, 1.54) is 130 Å². The van der Waals surface area contributed by atoms with E-state index in [2.05, 4.69) is 241 Å². The average molecular weight is 940 g/mol. The highest BCUT2D eigenvalue weighted by Crippen LogP contribution is 2.50. The summed E-state index contributed by atoms with van der Waals surface area (Å²) >= 11 is 1.91.